The van der Waals surface area contributed by atoms with Gasteiger partial charge in [-0.25, -0.2) is 9.36 Å². The molecule has 1 amide bonds. The van der Waals surface area contributed by atoms with Crippen LogP contribution in [-0.4, -0.2) is 74.1 Å². The summed E-state index contributed by atoms with van der Waals surface area (Å²) in [5.41, 5.74) is -1.21. The van der Waals surface area contributed by atoms with Crippen LogP contribution in [0.3, 0.4) is 0 Å². The third kappa shape index (κ3) is 16.7. The van der Waals surface area contributed by atoms with E-state index in [1.807, 2.05) is 0 Å². The molecule has 0 bridgehead atoms. The number of alkyl carbamates (subject to hydrolysis) is 1. The Balaban J connectivity index is 1.42. The maximum absolute atomic E-state index is 12.3. The summed E-state index contributed by atoms with van der Waals surface area (Å²) in [5.74, 6) is 0. The van der Waals surface area contributed by atoms with Crippen LogP contribution >= 0.6 is 42.6 Å². The molecule has 14 heteroatoms. The van der Waals surface area contributed by atoms with Gasteiger partial charge < -0.3 is 24.3 Å². The number of halogens is 3. The second-order valence-corrected chi connectivity index (χ2v) is 14.8. The van der Waals surface area contributed by atoms with E-state index >= 15 is 0 Å². The number of phosphoric ester groups is 1. The van der Waals surface area contributed by atoms with E-state index in [1.54, 1.807) is 13.8 Å². The molecule has 2 aliphatic heterocycles. The number of alkyl halides is 3. The summed E-state index contributed by atoms with van der Waals surface area (Å²) in [4.78, 5) is 11.9. The quantitative estimate of drug-likeness (QED) is 0.0742. The molecule has 0 aromatic carbocycles. The minimum Gasteiger partial charge on any atom is -0.439 e. The van der Waals surface area contributed by atoms with Crippen molar-refractivity contribution in [3.05, 3.63) is 0 Å². The molecule has 242 valence electrons. The van der Waals surface area contributed by atoms with Gasteiger partial charge in [0.15, 0.2) is 11.9 Å². The molecule has 2 rings (SSSR count). The molecule has 2 atom stereocenters. The Hall–Kier alpha value is 0.130. The van der Waals surface area contributed by atoms with Gasteiger partial charge in [0.2, 0.25) is 3.79 Å². The number of nitrogens with one attached hydrogen (secondary N) is 1. The highest BCUT2D eigenvalue weighted by atomic mass is 35.6. The second kappa shape index (κ2) is 20.2. The fourth-order valence-corrected chi connectivity index (χ4v) is 5.50. The summed E-state index contributed by atoms with van der Waals surface area (Å²) in [6, 6.07) is 0. The lowest BCUT2D eigenvalue weighted by Crippen LogP contribution is -2.44. The second-order valence-electron chi connectivity index (χ2n) is 10.9. The molecule has 2 fully saturated rings. The number of amides is 1. The zero-order valence-corrected chi connectivity index (χ0v) is 27.7. The van der Waals surface area contributed by atoms with Gasteiger partial charge in [0, 0.05) is 19.8 Å². The molecule has 2 heterocycles. The lowest BCUT2D eigenvalue weighted by molar-refractivity contribution is -0.203. The molecular formula is C27H49Cl3NO9P. The predicted molar refractivity (Wildman–Crippen MR) is 160 cm³/mol. The van der Waals surface area contributed by atoms with Gasteiger partial charge in [-0.3, -0.25) is 13.6 Å². The summed E-state index contributed by atoms with van der Waals surface area (Å²) in [7, 11) is -3.47. The Labute approximate surface area is 260 Å². The van der Waals surface area contributed by atoms with Crippen molar-refractivity contribution >= 4 is 48.7 Å². The molecule has 0 spiro atoms. The van der Waals surface area contributed by atoms with Crippen molar-refractivity contribution in [3.63, 3.8) is 0 Å². The minimum absolute atomic E-state index is 0.0663. The van der Waals surface area contributed by atoms with E-state index in [1.165, 1.54) is 32.1 Å². The van der Waals surface area contributed by atoms with E-state index in [0.29, 0.717) is 26.4 Å². The van der Waals surface area contributed by atoms with E-state index in [-0.39, 0.29) is 26.1 Å². The lowest BCUT2D eigenvalue weighted by atomic mass is 10.1. The van der Waals surface area contributed by atoms with Crippen LogP contribution in [0.2, 0.25) is 0 Å². The lowest BCUT2D eigenvalue weighted by Gasteiger charge is -2.31. The number of carbonyl (C=O) groups excluding carboxylic acids is 1. The molecule has 41 heavy (non-hydrogen) atoms. The number of hydrogen-bond acceptors (Lipinski definition) is 9. The van der Waals surface area contributed by atoms with Crippen molar-refractivity contribution in [2.45, 2.75) is 119 Å². The first-order valence-corrected chi connectivity index (χ1v) is 17.5. The first kappa shape index (κ1) is 37.3. The third-order valence-electron chi connectivity index (χ3n) is 6.80. The Morgan fingerprint density at radius 2 is 1.51 bits per heavy atom. The van der Waals surface area contributed by atoms with E-state index in [9.17, 15) is 9.36 Å². The van der Waals surface area contributed by atoms with Crippen LogP contribution in [-0.2, 0) is 37.1 Å². The Bertz CT molecular complexity index is 757. The molecular weight excluding hydrogens is 620 g/mol. The van der Waals surface area contributed by atoms with E-state index < -0.39 is 29.4 Å². The number of phosphoric acid groups is 1. The highest BCUT2D eigenvalue weighted by molar-refractivity contribution is 7.48. The van der Waals surface area contributed by atoms with Gasteiger partial charge in [-0.2, -0.15) is 0 Å². The first-order valence-electron chi connectivity index (χ1n) is 14.9. The van der Waals surface area contributed by atoms with Crippen LogP contribution in [0.1, 0.15) is 97.3 Å². The maximum atomic E-state index is 12.3. The van der Waals surface area contributed by atoms with Gasteiger partial charge in [-0.15, -0.1) is 0 Å². The highest BCUT2D eigenvalue weighted by Gasteiger charge is 2.44. The Morgan fingerprint density at radius 3 is 2.10 bits per heavy atom. The van der Waals surface area contributed by atoms with Crippen LogP contribution in [0.5, 0.6) is 0 Å². The Kier molecular flexibility index (Phi) is 18.4. The zero-order valence-electron chi connectivity index (χ0n) is 24.6. The minimum atomic E-state index is -3.47. The van der Waals surface area contributed by atoms with Crippen LogP contribution in [0.4, 0.5) is 4.79 Å². The molecule has 10 nitrogen and oxygen atoms in total. The molecule has 1 unspecified atom stereocenters. The predicted octanol–water partition coefficient (Wildman–Crippen LogP) is 7.86. The number of unbranched alkanes of at least 4 members (excludes halogenated alkanes) is 9. The van der Waals surface area contributed by atoms with E-state index in [4.69, 9.17) is 67.3 Å². The smallest absolute Gasteiger partial charge is 0.439 e. The van der Waals surface area contributed by atoms with Crippen LogP contribution in [0.25, 0.3) is 0 Å². The highest BCUT2D eigenvalue weighted by Crippen LogP contribution is 2.52. The summed E-state index contributed by atoms with van der Waals surface area (Å²) >= 11 is 17.5. The molecule has 0 saturated carbocycles. The molecule has 0 aromatic rings. The van der Waals surface area contributed by atoms with Crippen LogP contribution in [0, 0.1) is 0 Å². The topological polar surface area (TPSA) is 111 Å². The molecule has 0 radical (unpaired) electrons. The van der Waals surface area contributed by atoms with Crippen LogP contribution in [0.15, 0.2) is 0 Å². The number of rotatable bonds is 21. The van der Waals surface area contributed by atoms with Crippen LogP contribution < -0.4 is 5.32 Å². The van der Waals surface area contributed by atoms with E-state index in [0.717, 1.165) is 51.4 Å². The average Bonchev–Trinajstić information content (AvgIpc) is 3.35. The first-order chi connectivity index (χ1) is 19.5. The van der Waals surface area contributed by atoms with Gasteiger partial charge in [-0.1, -0.05) is 86.2 Å². The van der Waals surface area contributed by atoms with E-state index in [2.05, 4.69) is 5.32 Å². The summed E-state index contributed by atoms with van der Waals surface area (Å²) in [6.07, 6.45) is 12.8. The largest absolute Gasteiger partial charge is 0.475 e. The fraction of sp³-hybridized carbons (Fsp3) is 0.963. The Morgan fingerprint density at radius 1 is 0.902 bits per heavy atom. The summed E-state index contributed by atoms with van der Waals surface area (Å²) in [5, 5.41) is 2.71. The number of carbonyl (C=O) groups is 1. The third-order valence-corrected chi connectivity index (χ3v) is 9.63. The molecule has 2 aliphatic rings. The van der Waals surface area contributed by atoms with Gasteiger partial charge in [0.05, 0.1) is 26.4 Å². The summed E-state index contributed by atoms with van der Waals surface area (Å²) in [6.45, 7) is 5.91. The fourth-order valence-electron chi connectivity index (χ4n) is 4.22. The number of ether oxygens (including phenoxy) is 4. The summed E-state index contributed by atoms with van der Waals surface area (Å²) < 4.78 is 48.9. The maximum Gasteiger partial charge on any atom is 0.475 e. The van der Waals surface area contributed by atoms with Crippen molar-refractivity contribution in [3.8, 4) is 0 Å². The molecule has 0 aromatic heterocycles. The monoisotopic (exact) mass is 667 g/mol. The van der Waals surface area contributed by atoms with Gasteiger partial charge in [0.25, 0.3) is 0 Å². The molecule has 0 aliphatic carbocycles. The standard InChI is InChI=1S/C27H49Cl3NO9P/c1-26(2,27(28,29)30)40-25(32)31-16-12-9-7-5-3-4-6-8-10-13-17-34-21-23(39-24-15-11-14-18-35-24)22-38-41(33)36-19-20-37-41/h23-24H,3-22H2,1-2H3,(H,31,32)/t23-,24?/m1/s1. The number of hydrogen-bond donors (Lipinski definition) is 1. The molecule has 2 saturated heterocycles. The van der Waals surface area contributed by atoms with Gasteiger partial charge in [-0.05, 0) is 46.0 Å². The average molecular weight is 669 g/mol. The van der Waals surface area contributed by atoms with Gasteiger partial charge >= 0.3 is 13.9 Å². The van der Waals surface area contributed by atoms with Crippen molar-refractivity contribution in [2.24, 2.45) is 0 Å². The van der Waals surface area contributed by atoms with Crippen molar-refractivity contribution in [1.29, 1.82) is 0 Å². The zero-order chi connectivity index (χ0) is 30.0. The SMILES string of the molecule is CC(C)(OC(=O)NCCCCCCCCCCCCOC[C@H](COP1(=O)OCCO1)OC1CCCCO1)C(Cl)(Cl)Cl. The van der Waals surface area contributed by atoms with Crippen molar-refractivity contribution in [1.82, 2.24) is 5.32 Å². The molecule has 1 N–H and O–H groups in total. The van der Waals surface area contributed by atoms with Crippen molar-refractivity contribution < 1.29 is 41.9 Å². The van der Waals surface area contributed by atoms with Crippen molar-refractivity contribution in [2.75, 3.05) is 46.2 Å². The van der Waals surface area contributed by atoms with Gasteiger partial charge in [0.1, 0.15) is 6.10 Å². The normalized spacial score (nSPS) is 20.2.